The average molecular weight is 401 g/mol. The Hall–Kier alpha value is -4.14. The molecule has 0 bridgehead atoms. The maximum Gasteiger partial charge on any atom is 0.146 e. The predicted octanol–water partition coefficient (Wildman–Crippen LogP) is 7.04. The molecule has 0 saturated carbocycles. The molecule has 4 aromatic rings. The molecule has 2 heteroatoms. The fraction of sp³-hybridized carbons (Fsp3) is 0.0690. The monoisotopic (exact) mass is 401 g/mol. The molecule has 1 nitrogen and oxygen atoms in total. The molecule has 0 aliphatic heterocycles. The highest BCUT2D eigenvalue weighted by atomic mass is 19.1. The SMILES string of the molecule is C=CCCc1ccc(-c2ccc3c(F)c(C#Cc4ccc(C#N)cc4)ccc3c2)cc1. The van der Waals surface area contributed by atoms with Gasteiger partial charge in [-0.25, -0.2) is 4.39 Å². The molecule has 0 N–H and O–H groups in total. The average Bonchev–Trinajstić information content (AvgIpc) is 2.83. The van der Waals surface area contributed by atoms with E-state index in [1.54, 1.807) is 30.3 Å². The third-order valence-corrected chi connectivity index (χ3v) is 5.23. The lowest BCUT2D eigenvalue weighted by Crippen LogP contribution is -1.88. The third-order valence-electron chi connectivity index (χ3n) is 5.23. The minimum Gasteiger partial charge on any atom is -0.205 e. The van der Waals surface area contributed by atoms with Crippen LogP contribution >= 0.6 is 0 Å². The Balaban J connectivity index is 1.61. The molecule has 4 rings (SSSR count). The minimum absolute atomic E-state index is 0.315. The number of allylic oxidation sites excluding steroid dienone is 1. The van der Waals surface area contributed by atoms with Crippen LogP contribution in [0.3, 0.4) is 0 Å². The smallest absolute Gasteiger partial charge is 0.146 e. The predicted molar refractivity (Wildman–Crippen MR) is 125 cm³/mol. The zero-order chi connectivity index (χ0) is 21.6. The van der Waals surface area contributed by atoms with Gasteiger partial charge >= 0.3 is 0 Å². The molecular formula is C29H20FN. The lowest BCUT2D eigenvalue weighted by Gasteiger charge is -2.07. The molecule has 0 aromatic heterocycles. The van der Waals surface area contributed by atoms with Gasteiger partial charge in [0.25, 0.3) is 0 Å². The van der Waals surface area contributed by atoms with Gasteiger partial charge in [0, 0.05) is 10.9 Å². The fourth-order valence-corrected chi connectivity index (χ4v) is 3.47. The first kappa shape index (κ1) is 20.1. The zero-order valence-electron chi connectivity index (χ0n) is 17.0. The molecule has 0 aliphatic rings. The number of fused-ring (bicyclic) bond motifs is 1. The van der Waals surface area contributed by atoms with E-state index in [0.29, 0.717) is 16.5 Å². The van der Waals surface area contributed by atoms with E-state index >= 15 is 4.39 Å². The molecule has 0 fully saturated rings. The van der Waals surface area contributed by atoms with Crippen molar-refractivity contribution in [1.82, 2.24) is 0 Å². The van der Waals surface area contributed by atoms with Crippen LogP contribution in [0.2, 0.25) is 0 Å². The van der Waals surface area contributed by atoms with E-state index in [9.17, 15) is 0 Å². The lowest BCUT2D eigenvalue weighted by molar-refractivity contribution is 0.636. The van der Waals surface area contributed by atoms with Gasteiger partial charge in [-0.1, -0.05) is 60.4 Å². The first-order valence-electron chi connectivity index (χ1n) is 10.1. The third kappa shape index (κ3) is 4.55. The van der Waals surface area contributed by atoms with Gasteiger partial charge in [0.1, 0.15) is 5.82 Å². The van der Waals surface area contributed by atoms with Crippen LogP contribution in [0.15, 0.2) is 91.5 Å². The van der Waals surface area contributed by atoms with Gasteiger partial charge in [0.15, 0.2) is 0 Å². The Morgan fingerprint density at radius 2 is 1.52 bits per heavy atom. The first-order chi connectivity index (χ1) is 15.2. The Morgan fingerprint density at radius 1 is 0.806 bits per heavy atom. The van der Waals surface area contributed by atoms with Crippen LogP contribution in [0.4, 0.5) is 4.39 Å². The van der Waals surface area contributed by atoms with Crippen molar-refractivity contribution in [3.05, 3.63) is 120 Å². The van der Waals surface area contributed by atoms with Crippen LogP contribution in [-0.4, -0.2) is 0 Å². The summed E-state index contributed by atoms with van der Waals surface area (Å²) in [7, 11) is 0. The fourth-order valence-electron chi connectivity index (χ4n) is 3.47. The molecule has 0 saturated heterocycles. The number of nitriles is 1. The Morgan fingerprint density at radius 3 is 2.23 bits per heavy atom. The van der Waals surface area contributed by atoms with Gasteiger partial charge in [-0.15, -0.1) is 6.58 Å². The topological polar surface area (TPSA) is 23.8 Å². The molecule has 0 aliphatic carbocycles. The molecular weight excluding hydrogens is 381 g/mol. The number of hydrogen-bond donors (Lipinski definition) is 0. The van der Waals surface area contributed by atoms with Gasteiger partial charge in [-0.05, 0) is 71.3 Å². The van der Waals surface area contributed by atoms with Crippen molar-refractivity contribution in [2.45, 2.75) is 12.8 Å². The van der Waals surface area contributed by atoms with E-state index in [2.05, 4.69) is 48.8 Å². The molecule has 0 amide bonds. The molecule has 148 valence electrons. The van der Waals surface area contributed by atoms with E-state index in [0.717, 1.165) is 34.9 Å². The second-order valence-electron chi connectivity index (χ2n) is 7.33. The summed E-state index contributed by atoms with van der Waals surface area (Å²) in [5, 5.41) is 10.3. The largest absolute Gasteiger partial charge is 0.205 e. The molecule has 0 radical (unpaired) electrons. The molecule has 0 heterocycles. The van der Waals surface area contributed by atoms with Crippen LogP contribution < -0.4 is 0 Å². The second-order valence-corrected chi connectivity index (χ2v) is 7.33. The Kier molecular flexibility index (Phi) is 5.93. The highest BCUT2D eigenvalue weighted by Crippen LogP contribution is 2.27. The maximum absolute atomic E-state index is 15.0. The van der Waals surface area contributed by atoms with Crippen LogP contribution in [0.25, 0.3) is 21.9 Å². The number of halogens is 1. The molecule has 0 spiro atoms. The second kappa shape index (κ2) is 9.12. The van der Waals surface area contributed by atoms with Gasteiger partial charge < -0.3 is 0 Å². The summed E-state index contributed by atoms with van der Waals surface area (Å²) in [6.07, 6.45) is 3.87. The van der Waals surface area contributed by atoms with Gasteiger partial charge in [-0.3, -0.25) is 0 Å². The lowest BCUT2D eigenvalue weighted by atomic mass is 9.98. The normalized spacial score (nSPS) is 10.2. The van der Waals surface area contributed by atoms with Gasteiger partial charge in [0.05, 0.1) is 17.2 Å². The van der Waals surface area contributed by atoms with Crippen LogP contribution in [0.1, 0.15) is 28.7 Å². The van der Waals surface area contributed by atoms with E-state index in [1.165, 1.54) is 5.56 Å². The summed E-state index contributed by atoms with van der Waals surface area (Å²) in [5.41, 5.74) is 5.11. The summed E-state index contributed by atoms with van der Waals surface area (Å²) in [4.78, 5) is 0. The van der Waals surface area contributed by atoms with Crippen LogP contribution in [0.5, 0.6) is 0 Å². The summed E-state index contributed by atoms with van der Waals surface area (Å²) >= 11 is 0. The Bertz CT molecular complexity index is 1350. The highest BCUT2D eigenvalue weighted by molar-refractivity contribution is 5.89. The van der Waals surface area contributed by atoms with Gasteiger partial charge in [0.2, 0.25) is 0 Å². The van der Waals surface area contributed by atoms with E-state index < -0.39 is 0 Å². The van der Waals surface area contributed by atoms with Crippen molar-refractivity contribution >= 4 is 10.8 Å². The number of hydrogen-bond acceptors (Lipinski definition) is 1. The maximum atomic E-state index is 15.0. The van der Waals surface area contributed by atoms with E-state index in [-0.39, 0.29) is 5.82 Å². The van der Waals surface area contributed by atoms with Crippen molar-refractivity contribution in [2.75, 3.05) is 0 Å². The summed E-state index contributed by atoms with van der Waals surface area (Å²) in [6, 6.07) is 26.9. The summed E-state index contributed by atoms with van der Waals surface area (Å²) in [5.74, 6) is 5.57. The number of rotatable bonds is 4. The van der Waals surface area contributed by atoms with Gasteiger partial charge in [-0.2, -0.15) is 5.26 Å². The number of aryl methyl sites for hydroxylation is 1. The van der Waals surface area contributed by atoms with Crippen molar-refractivity contribution in [2.24, 2.45) is 0 Å². The zero-order valence-corrected chi connectivity index (χ0v) is 17.0. The van der Waals surface area contributed by atoms with Crippen LogP contribution in [0, 0.1) is 29.0 Å². The van der Waals surface area contributed by atoms with E-state index in [1.807, 2.05) is 30.3 Å². The summed E-state index contributed by atoms with van der Waals surface area (Å²) in [6.45, 7) is 3.77. The molecule has 31 heavy (non-hydrogen) atoms. The standard InChI is InChI=1S/C29H20FN/c1-2-3-4-21-9-12-24(13-10-21)26-17-18-28-27(19-26)16-15-25(29(28)30)14-11-22-5-7-23(20-31)8-6-22/h2,5-10,12-13,15-19H,1,3-4H2. The van der Waals surface area contributed by atoms with Crippen molar-refractivity contribution in [3.63, 3.8) is 0 Å². The van der Waals surface area contributed by atoms with Crippen molar-refractivity contribution in [1.29, 1.82) is 5.26 Å². The molecule has 0 atom stereocenters. The highest BCUT2D eigenvalue weighted by Gasteiger charge is 2.07. The number of nitrogens with zero attached hydrogens (tertiary/aromatic N) is 1. The van der Waals surface area contributed by atoms with Crippen molar-refractivity contribution < 1.29 is 4.39 Å². The molecule has 4 aromatic carbocycles. The van der Waals surface area contributed by atoms with Crippen LogP contribution in [-0.2, 0) is 6.42 Å². The molecule has 0 unspecified atom stereocenters. The summed E-state index contributed by atoms with van der Waals surface area (Å²) < 4.78 is 15.0. The van der Waals surface area contributed by atoms with Crippen molar-refractivity contribution in [3.8, 4) is 29.0 Å². The minimum atomic E-state index is -0.315. The first-order valence-corrected chi connectivity index (χ1v) is 10.1. The van der Waals surface area contributed by atoms with E-state index in [4.69, 9.17) is 5.26 Å². The quantitative estimate of drug-likeness (QED) is 0.266. The Labute approximate surface area is 182 Å². The number of benzene rings is 4.